The van der Waals surface area contributed by atoms with Gasteiger partial charge in [0, 0.05) is 40.5 Å². The number of halogens is 1. The second kappa shape index (κ2) is 5.74. The molecule has 4 nitrogen and oxygen atoms in total. The van der Waals surface area contributed by atoms with E-state index >= 15 is 0 Å². The maximum absolute atomic E-state index is 6.19. The van der Waals surface area contributed by atoms with Crippen LogP contribution in [0.15, 0.2) is 64.1 Å². The molecule has 3 aliphatic heterocycles. The van der Waals surface area contributed by atoms with Gasteiger partial charge >= 0.3 is 0 Å². The van der Waals surface area contributed by atoms with Crippen LogP contribution in [0.1, 0.15) is 17.5 Å². The van der Waals surface area contributed by atoms with Crippen molar-refractivity contribution in [2.75, 3.05) is 25.0 Å². The van der Waals surface area contributed by atoms with Crippen LogP contribution in [0.4, 0.5) is 5.69 Å². The number of hydrogen-bond acceptors (Lipinski definition) is 4. The van der Waals surface area contributed by atoms with Crippen molar-refractivity contribution in [1.29, 1.82) is 0 Å². The molecule has 124 valence electrons. The van der Waals surface area contributed by atoms with E-state index in [9.17, 15) is 0 Å². The molecule has 0 spiro atoms. The van der Waals surface area contributed by atoms with Gasteiger partial charge in [0.25, 0.3) is 0 Å². The number of fused-ring (bicyclic) bond motifs is 4. The number of amidine groups is 2. The van der Waals surface area contributed by atoms with E-state index in [1.54, 1.807) is 0 Å². The first kappa shape index (κ1) is 14.7. The average molecular weight is 349 g/mol. The zero-order valence-electron chi connectivity index (χ0n) is 13.7. The number of benzene rings is 2. The molecule has 0 bridgehead atoms. The molecule has 0 radical (unpaired) electrons. The van der Waals surface area contributed by atoms with E-state index < -0.39 is 0 Å². The van der Waals surface area contributed by atoms with Gasteiger partial charge in [0.05, 0.1) is 12.2 Å². The van der Waals surface area contributed by atoms with Gasteiger partial charge < -0.3 is 10.2 Å². The summed E-state index contributed by atoms with van der Waals surface area (Å²) in [5, 5.41) is 4.22. The lowest BCUT2D eigenvalue weighted by molar-refractivity contribution is 0.659. The Morgan fingerprint density at radius 2 is 1.92 bits per heavy atom. The van der Waals surface area contributed by atoms with E-state index in [-0.39, 0.29) is 0 Å². The molecule has 0 amide bonds. The minimum Gasteiger partial charge on any atom is -0.384 e. The highest BCUT2D eigenvalue weighted by molar-refractivity contribution is 6.31. The third kappa shape index (κ3) is 2.36. The van der Waals surface area contributed by atoms with Crippen molar-refractivity contribution in [1.82, 2.24) is 4.90 Å². The van der Waals surface area contributed by atoms with E-state index in [4.69, 9.17) is 21.6 Å². The smallest absolute Gasteiger partial charge is 0.142 e. The van der Waals surface area contributed by atoms with E-state index in [0.717, 1.165) is 65.3 Å². The molecule has 0 unspecified atom stereocenters. The first-order chi connectivity index (χ1) is 12.3. The summed E-state index contributed by atoms with van der Waals surface area (Å²) in [5.41, 5.74) is 5.51. The lowest BCUT2D eigenvalue weighted by Gasteiger charge is -2.29. The number of aliphatic imine (C=N–C) groups is 2. The first-order valence-electron chi connectivity index (χ1n) is 8.55. The summed E-state index contributed by atoms with van der Waals surface area (Å²) >= 11 is 6.19. The standard InChI is InChI=1S/C20H17ClN4/c21-14-6-7-15-17(12-14)22-9-8-16-18(15)24-19(13-4-2-1-3-5-13)25-11-10-23-20(16)25/h1-7,12,22H,8-11H2. The van der Waals surface area contributed by atoms with Crippen molar-refractivity contribution in [3.8, 4) is 0 Å². The minimum absolute atomic E-state index is 0.734. The molecule has 1 N–H and O–H groups in total. The molecular formula is C20H17ClN4. The van der Waals surface area contributed by atoms with Gasteiger partial charge in [-0.2, -0.15) is 0 Å². The quantitative estimate of drug-likeness (QED) is 0.844. The van der Waals surface area contributed by atoms with Crippen LogP contribution in [0.3, 0.4) is 0 Å². The Bertz CT molecular complexity index is 943. The normalized spacial score (nSPS) is 18.5. The molecule has 5 heteroatoms. The van der Waals surface area contributed by atoms with E-state index in [1.165, 1.54) is 5.57 Å². The lowest BCUT2D eigenvalue weighted by Crippen LogP contribution is -2.38. The summed E-state index contributed by atoms with van der Waals surface area (Å²) < 4.78 is 0. The molecule has 0 saturated heterocycles. The van der Waals surface area contributed by atoms with Crippen molar-refractivity contribution in [3.63, 3.8) is 0 Å². The van der Waals surface area contributed by atoms with Crippen LogP contribution in [0.5, 0.6) is 0 Å². The number of nitrogens with zero attached hydrogens (tertiary/aromatic N) is 3. The Hall–Kier alpha value is -2.59. The van der Waals surface area contributed by atoms with Crippen LogP contribution in [0.2, 0.25) is 5.02 Å². The summed E-state index contributed by atoms with van der Waals surface area (Å²) in [4.78, 5) is 12.2. The summed E-state index contributed by atoms with van der Waals surface area (Å²) in [6, 6.07) is 16.3. The summed E-state index contributed by atoms with van der Waals surface area (Å²) in [6.07, 6.45) is 0.905. The highest BCUT2D eigenvalue weighted by Crippen LogP contribution is 2.38. The summed E-state index contributed by atoms with van der Waals surface area (Å²) in [7, 11) is 0. The fourth-order valence-electron chi connectivity index (χ4n) is 3.70. The zero-order valence-corrected chi connectivity index (χ0v) is 14.4. The fourth-order valence-corrected chi connectivity index (χ4v) is 3.88. The topological polar surface area (TPSA) is 40.0 Å². The highest BCUT2D eigenvalue weighted by Gasteiger charge is 2.33. The Kier molecular flexibility index (Phi) is 3.38. The lowest BCUT2D eigenvalue weighted by atomic mass is 10.00. The maximum Gasteiger partial charge on any atom is 0.142 e. The van der Waals surface area contributed by atoms with Crippen LogP contribution >= 0.6 is 11.6 Å². The van der Waals surface area contributed by atoms with Gasteiger partial charge in [0.2, 0.25) is 0 Å². The maximum atomic E-state index is 6.19. The van der Waals surface area contributed by atoms with Crippen LogP contribution in [0.25, 0.3) is 5.70 Å². The largest absolute Gasteiger partial charge is 0.384 e. The Morgan fingerprint density at radius 3 is 2.80 bits per heavy atom. The highest BCUT2D eigenvalue weighted by atomic mass is 35.5. The average Bonchev–Trinajstić information content (AvgIpc) is 3.05. The van der Waals surface area contributed by atoms with E-state index in [2.05, 4.69) is 40.5 Å². The van der Waals surface area contributed by atoms with E-state index in [1.807, 2.05) is 18.2 Å². The first-order valence-corrected chi connectivity index (χ1v) is 8.92. The van der Waals surface area contributed by atoms with E-state index in [0.29, 0.717) is 0 Å². The summed E-state index contributed by atoms with van der Waals surface area (Å²) in [5.74, 6) is 2.06. The van der Waals surface area contributed by atoms with Crippen molar-refractivity contribution in [2.24, 2.45) is 9.98 Å². The fraction of sp³-hybridized carbons (Fsp3) is 0.200. The Balaban J connectivity index is 1.74. The zero-order chi connectivity index (χ0) is 16.8. The van der Waals surface area contributed by atoms with Crippen LogP contribution in [0, 0.1) is 0 Å². The molecule has 0 aromatic heterocycles. The van der Waals surface area contributed by atoms with Crippen LogP contribution in [-0.4, -0.2) is 36.2 Å². The van der Waals surface area contributed by atoms with Gasteiger partial charge in [-0.15, -0.1) is 0 Å². The number of nitrogens with one attached hydrogen (secondary N) is 1. The van der Waals surface area contributed by atoms with Crippen molar-refractivity contribution < 1.29 is 0 Å². The van der Waals surface area contributed by atoms with Gasteiger partial charge in [-0.05, 0) is 24.6 Å². The molecule has 3 aliphatic rings. The second-order valence-corrected chi connectivity index (χ2v) is 6.79. The van der Waals surface area contributed by atoms with Gasteiger partial charge in [0.15, 0.2) is 0 Å². The molecule has 0 aliphatic carbocycles. The van der Waals surface area contributed by atoms with Gasteiger partial charge in [-0.3, -0.25) is 4.99 Å². The molecule has 0 fully saturated rings. The van der Waals surface area contributed by atoms with Crippen molar-refractivity contribution in [2.45, 2.75) is 6.42 Å². The molecule has 5 rings (SSSR count). The third-order valence-electron chi connectivity index (χ3n) is 4.83. The van der Waals surface area contributed by atoms with Crippen LogP contribution in [-0.2, 0) is 0 Å². The van der Waals surface area contributed by atoms with Gasteiger partial charge in [-0.25, -0.2) is 4.99 Å². The van der Waals surface area contributed by atoms with Gasteiger partial charge in [-0.1, -0.05) is 41.9 Å². The van der Waals surface area contributed by atoms with Crippen molar-refractivity contribution in [3.05, 3.63) is 70.3 Å². The van der Waals surface area contributed by atoms with Crippen LogP contribution < -0.4 is 5.32 Å². The van der Waals surface area contributed by atoms with Crippen molar-refractivity contribution >= 4 is 34.7 Å². The molecule has 0 atom stereocenters. The number of hydrogen-bond donors (Lipinski definition) is 1. The predicted octanol–water partition coefficient (Wildman–Crippen LogP) is 4.04. The third-order valence-corrected chi connectivity index (χ3v) is 5.06. The minimum atomic E-state index is 0.734. The Labute approximate surface area is 151 Å². The predicted molar refractivity (Wildman–Crippen MR) is 103 cm³/mol. The number of anilines is 1. The van der Waals surface area contributed by atoms with Gasteiger partial charge in [0.1, 0.15) is 11.7 Å². The molecule has 25 heavy (non-hydrogen) atoms. The SMILES string of the molecule is Clc1ccc2c(c1)NCCC1=C2N=C(c2ccccc2)N2CCN=C12. The molecule has 2 aromatic carbocycles. The monoisotopic (exact) mass is 348 g/mol. The molecular weight excluding hydrogens is 332 g/mol. The molecule has 3 heterocycles. The Morgan fingerprint density at radius 1 is 1.04 bits per heavy atom. The second-order valence-electron chi connectivity index (χ2n) is 6.35. The molecule has 2 aromatic rings. The molecule has 0 saturated carbocycles. The summed E-state index contributed by atoms with van der Waals surface area (Å²) in [6.45, 7) is 2.56. The number of rotatable bonds is 1.